The van der Waals surface area contributed by atoms with E-state index in [0.717, 1.165) is 35.6 Å². The van der Waals surface area contributed by atoms with Gasteiger partial charge in [0.05, 0.1) is 11.2 Å². The molecular weight excluding hydrogens is 289 g/mol. The predicted molar refractivity (Wildman–Crippen MR) is 89.6 cm³/mol. The number of hydrogen-bond donors (Lipinski definition) is 0. The van der Waals surface area contributed by atoms with E-state index in [1.165, 1.54) is 12.8 Å². The number of carbonyl (C=O) groups excluding carboxylic acids is 1. The molecule has 4 rings (SSSR count). The van der Waals surface area contributed by atoms with E-state index < -0.39 is 0 Å². The first-order chi connectivity index (χ1) is 10.8. The molecule has 0 bridgehead atoms. The molecule has 1 saturated heterocycles. The van der Waals surface area contributed by atoms with Crippen LogP contribution < -0.4 is 5.46 Å². The van der Waals surface area contributed by atoms with Gasteiger partial charge in [-0.3, -0.25) is 4.79 Å². The second-order valence-corrected chi connectivity index (χ2v) is 8.13. The van der Waals surface area contributed by atoms with Gasteiger partial charge in [0.2, 0.25) is 0 Å². The second-order valence-electron chi connectivity index (χ2n) is 8.13. The molecule has 0 atom stereocenters. The van der Waals surface area contributed by atoms with Crippen LogP contribution in [0.5, 0.6) is 0 Å². The molecule has 3 aliphatic rings. The van der Waals surface area contributed by atoms with Crippen LogP contribution in [0.2, 0.25) is 0 Å². The fraction of sp³-hybridized carbons (Fsp3) is 0.611. The van der Waals surface area contributed by atoms with Gasteiger partial charge in [-0.15, -0.1) is 0 Å². The van der Waals surface area contributed by atoms with Crippen molar-refractivity contribution in [2.75, 3.05) is 6.54 Å². The Morgan fingerprint density at radius 2 is 1.83 bits per heavy atom. The van der Waals surface area contributed by atoms with Crippen LogP contribution in [0.3, 0.4) is 0 Å². The van der Waals surface area contributed by atoms with Gasteiger partial charge in [0.15, 0.2) is 0 Å². The minimum absolute atomic E-state index is 0.173. The van der Waals surface area contributed by atoms with Gasteiger partial charge in [0, 0.05) is 18.7 Å². The third-order valence-corrected chi connectivity index (χ3v) is 5.71. The van der Waals surface area contributed by atoms with Crippen molar-refractivity contribution in [3.8, 4) is 0 Å². The molecule has 0 aromatic heterocycles. The lowest BCUT2D eigenvalue weighted by molar-refractivity contribution is 0.00578. The van der Waals surface area contributed by atoms with Crippen LogP contribution in [0.4, 0.5) is 0 Å². The molecule has 2 heterocycles. The van der Waals surface area contributed by atoms with Crippen molar-refractivity contribution >= 4 is 18.5 Å². The van der Waals surface area contributed by atoms with E-state index in [1.807, 2.05) is 17.0 Å². The van der Waals surface area contributed by atoms with E-state index >= 15 is 0 Å². The first kappa shape index (κ1) is 15.2. The van der Waals surface area contributed by atoms with Crippen molar-refractivity contribution in [1.29, 1.82) is 0 Å². The summed E-state index contributed by atoms with van der Waals surface area (Å²) in [6, 6.07) is 5.99. The Labute approximate surface area is 138 Å². The molecule has 0 unspecified atom stereocenters. The Kier molecular flexibility index (Phi) is 3.20. The molecule has 23 heavy (non-hydrogen) atoms. The fourth-order valence-corrected chi connectivity index (χ4v) is 3.29. The van der Waals surface area contributed by atoms with E-state index in [9.17, 15) is 4.79 Å². The summed E-state index contributed by atoms with van der Waals surface area (Å²) in [5.41, 5.74) is 2.26. The third kappa shape index (κ3) is 2.50. The van der Waals surface area contributed by atoms with Gasteiger partial charge >= 0.3 is 7.12 Å². The number of hydrogen-bond acceptors (Lipinski definition) is 3. The number of amides is 1. The van der Waals surface area contributed by atoms with Gasteiger partial charge < -0.3 is 14.2 Å². The summed E-state index contributed by atoms with van der Waals surface area (Å²) in [5.74, 6) is 0.892. The van der Waals surface area contributed by atoms with Crippen LogP contribution in [-0.4, -0.2) is 35.7 Å². The van der Waals surface area contributed by atoms with Crippen LogP contribution in [-0.2, 0) is 15.9 Å². The Hall–Kier alpha value is -1.33. The van der Waals surface area contributed by atoms with Gasteiger partial charge in [0.25, 0.3) is 5.91 Å². The largest absolute Gasteiger partial charge is 0.494 e. The molecular formula is C18H24BNO3. The summed E-state index contributed by atoms with van der Waals surface area (Å²) in [5, 5.41) is 0. The summed E-state index contributed by atoms with van der Waals surface area (Å²) in [4.78, 5) is 14.4. The SMILES string of the molecule is CC1(C)OB(c2ccc3c(c2)CN(CC2CC2)C3=O)OC1(C)C. The van der Waals surface area contributed by atoms with E-state index in [4.69, 9.17) is 9.31 Å². The van der Waals surface area contributed by atoms with E-state index in [0.29, 0.717) is 0 Å². The Bertz CT molecular complexity index is 650. The average Bonchev–Trinajstić information content (AvgIpc) is 3.18. The third-order valence-electron chi connectivity index (χ3n) is 5.71. The number of rotatable bonds is 3. The summed E-state index contributed by atoms with van der Waals surface area (Å²) in [6.07, 6.45) is 2.53. The smallest absolute Gasteiger partial charge is 0.399 e. The zero-order valence-corrected chi connectivity index (χ0v) is 14.4. The van der Waals surface area contributed by atoms with E-state index in [2.05, 4.69) is 33.8 Å². The van der Waals surface area contributed by atoms with Crippen LogP contribution in [0.25, 0.3) is 0 Å². The maximum atomic E-state index is 12.5. The van der Waals surface area contributed by atoms with Crippen molar-refractivity contribution < 1.29 is 14.1 Å². The monoisotopic (exact) mass is 313 g/mol. The number of benzene rings is 1. The Balaban J connectivity index is 1.56. The fourth-order valence-electron chi connectivity index (χ4n) is 3.29. The summed E-state index contributed by atoms with van der Waals surface area (Å²) in [6.45, 7) is 9.85. The highest BCUT2D eigenvalue weighted by atomic mass is 16.7. The Morgan fingerprint density at radius 1 is 1.17 bits per heavy atom. The molecule has 4 nitrogen and oxygen atoms in total. The minimum Gasteiger partial charge on any atom is -0.399 e. The maximum absolute atomic E-state index is 12.5. The first-order valence-corrected chi connectivity index (χ1v) is 8.54. The van der Waals surface area contributed by atoms with Crippen molar-refractivity contribution in [2.24, 2.45) is 5.92 Å². The molecule has 0 N–H and O–H groups in total. The second kappa shape index (κ2) is 4.84. The normalized spacial score (nSPS) is 25.1. The van der Waals surface area contributed by atoms with Gasteiger partial charge in [-0.1, -0.05) is 12.1 Å². The van der Waals surface area contributed by atoms with Crippen LogP contribution in [0, 0.1) is 5.92 Å². The van der Waals surface area contributed by atoms with Gasteiger partial charge in [0.1, 0.15) is 0 Å². The van der Waals surface area contributed by atoms with Crippen LogP contribution in [0.15, 0.2) is 18.2 Å². The van der Waals surface area contributed by atoms with Crippen LogP contribution >= 0.6 is 0 Å². The average molecular weight is 313 g/mol. The van der Waals surface area contributed by atoms with E-state index in [-0.39, 0.29) is 24.2 Å². The van der Waals surface area contributed by atoms with Crippen LogP contribution in [0.1, 0.15) is 56.5 Å². The highest BCUT2D eigenvalue weighted by Gasteiger charge is 2.51. The topological polar surface area (TPSA) is 38.8 Å². The number of nitrogens with zero attached hydrogens (tertiary/aromatic N) is 1. The quantitative estimate of drug-likeness (QED) is 0.804. The molecule has 5 heteroatoms. The van der Waals surface area contributed by atoms with Crippen molar-refractivity contribution in [1.82, 2.24) is 4.90 Å². The maximum Gasteiger partial charge on any atom is 0.494 e. The van der Waals surface area contributed by atoms with Crippen molar-refractivity contribution in [2.45, 2.75) is 58.3 Å². The summed E-state index contributed by atoms with van der Waals surface area (Å²) in [7, 11) is -0.363. The molecule has 0 spiro atoms. The summed E-state index contributed by atoms with van der Waals surface area (Å²) >= 11 is 0. The molecule has 1 amide bonds. The molecule has 0 radical (unpaired) electrons. The van der Waals surface area contributed by atoms with Gasteiger partial charge in [-0.25, -0.2) is 0 Å². The number of fused-ring (bicyclic) bond motifs is 1. The van der Waals surface area contributed by atoms with Crippen molar-refractivity contribution in [3.05, 3.63) is 29.3 Å². The lowest BCUT2D eigenvalue weighted by Gasteiger charge is -2.32. The molecule has 1 aromatic rings. The predicted octanol–water partition coefficient (Wildman–Crippen LogP) is 2.35. The van der Waals surface area contributed by atoms with Crippen molar-refractivity contribution in [3.63, 3.8) is 0 Å². The first-order valence-electron chi connectivity index (χ1n) is 8.54. The number of carbonyl (C=O) groups is 1. The lowest BCUT2D eigenvalue weighted by Crippen LogP contribution is -2.41. The summed E-state index contributed by atoms with van der Waals surface area (Å²) < 4.78 is 12.2. The molecule has 1 aromatic carbocycles. The highest BCUT2D eigenvalue weighted by molar-refractivity contribution is 6.62. The zero-order chi connectivity index (χ0) is 16.4. The molecule has 1 aliphatic carbocycles. The molecule has 122 valence electrons. The van der Waals surface area contributed by atoms with Gasteiger partial charge in [-0.2, -0.15) is 0 Å². The molecule has 2 aliphatic heterocycles. The highest BCUT2D eigenvalue weighted by Crippen LogP contribution is 2.37. The van der Waals surface area contributed by atoms with Gasteiger partial charge in [-0.05, 0) is 63.5 Å². The molecule has 2 fully saturated rings. The zero-order valence-electron chi connectivity index (χ0n) is 14.4. The standard InChI is InChI=1S/C18H24BNO3/c1-17(2)18(3,4)23-19(22-17)14-7-8-15-13(9-14)11-20(16(15)21)10-12-5-6-12/h7-9,12H,5-6,10-11H2,1-4H3. The Morgan fingerprint density at radius 3 is 2.43 bits per heavy atom. The van der Waals surface area contributed by atoms with E-state index in [1.54, 1.807) is 0 Å². The minimum atomic E-state index is -0.363. The lowest BCUT2D eigenvalue weighted by atomic mass is 9.78. The molecule has 1 saturated carbocycles.